The van der Waals surface area contributed by atoms with Crippen molar-refractivity contribution in [3.63, 3.8) is 0 Å². The van der Waals surface area contributed by atoms with Gasteiger partial charge in [-0.2, -0.15) is 5.26 Å². The molecule has 27 heavy (non-hydrogen) atoms. The van der Waals surface area contributed by atoms with Gasteiger partial charge in [0.05, 0.1) is 5.56 Å². The van der Waals surface area contributed by atoms with Gasteiger partial charge >= 0.3 is 0 Å². The van der Waals surface area contributed by atoms with E-state index in [1.54, 1.807) is 30.3 Å². The van der Waals surface area contributed by atoms with Gasteiger partial charge in [0.2, 0.25) is 12.7 Å². The Bertz CT molecular complexity index is 868. The Morgan fingerprint density at radius 1 is 1.15 bits per heavy atom. The topological polar surface area (TPSA) is 93.5 Å². The fraction of sp³-hybridized carbons (Fsp3) is 0.350. The van der Waals surface area contributed by atoms with E-state index in [9.17, 15) is 4.79 Å². The summed E-state index contributed by atoms with van der Waals surface area (Å²) >= 11 is 0. The maximum absolute atomic E-state index is 12.5. The zero-order valence-corrected chi connectivity index (χ0v) is 14.7. The quantitative estimate of drug-likeness (QED) is 0.895. The fourth-order valence-electron chi connectivity index (χ4n) is 3.32. The predicted octanol–water partition coefficient (Wildman–Crippen LogP) is 2.80. The van der Waals surface area contributed by atoms with Gasteiger partial charge < -0.3 is 19.5 Å². The molecule has 0 spiro atoms. The number of fused-ring (bicyclic) bond motifs is 1. The molecular formula is C20H19N3O4. The molecule has 1 aromatic heterocycles. The highest BCUT2D eigenvalue weighted by Gasteiger charge is 2.25. The number of amides is 1. The van der Waals surface area contributed by atoms with Crippen molar-refractivity contribution < 1.29 is 19.0 Å². The van der Waals surface area contributed by atoms with Crippen molar-refractivity contribution in [2.24, 2.45) is 0 Å². The minimum absolute atomic E-state index is 0.0733. The molecule has 0 radical (unpaired) electrons. The van der Waals surface area contributed by atoms with E-state index in [1.807, 2.05) is 6.07 Å². The Labute approximate surface area is 156 Å². The van der Waals surface area contributed by atoms with Gasteiger partial charge in [-0.15, -0.1) is 0 Å². The first-order chi connectivity index (χ1) is 13.2. The van der Waals surface area contributed by atoms with Crippen molar-refractivity contribution in [3.8, 4) is 23.4 Å². The number of rotatable bonds is 4. The van der Waals surface area contributed by atoms with Crippen LogP contribution in [0.3, 0.4) is 0 Å². The first-order valence-corrected chi connectivity index (χ1v) is 8.94. The van der Waals surface area contributed by atoms with Crippen molar-refractivity contribution >= 4 is 5.91 Å². The first kappa shape index (κ1) is 17.2. The average molecular weight is 365 g/mol. The van der Waals surface area contributed by atoms with Crippen LogP contribution in [0, 0.1) is 11.3 Å². The highest BCUT2D eigenvalue weighted by atomic mass is 16.7. The monoisotopic (exact) mass is 365 g/mol. The summed E-state index contributed by atoms with van der Waals surface area (Å²) < 4.78 is 16.5. The van der Waals surface area contributed by atoms with Crippen LogP contribution in [0.25, 0.3) is 0 Å². The number of hydrogen-bond acceptors (Lipinski definition) is 6. The lowest BCUT2D eigenvalue weighted by molar-refractivity contribution is 0.0889. The highest BCUT2D eigenvalue weighted by Crippen LogP contribution is 2.32. The minimum Gasteiger partial charge on any atom is -0.474 e. The first-order valence-electron chi connectivity index (χ1n) is 8.94. The third-order valence-electron chi connectivity index (χ3n) is 4.80. The van der Waals surface area contributed by atoms with Gasteiger partial charge in [-0.1, -0.05) is 0 Å². The van der Waals surface area contributed by atoms with E-state index in [-0.39, 0.29) is 24.8 Å². The summed E-state index contributed by atoms with van der Waals surface area (Å²) in [7, 11) is 0. The summed E-state index contributed by atoms with van der Waals surface area (Å²) in [6.07, 6.45) is 4.95. The van der Waals surface area contributed by atoms with Crippen molar-refractivity contribution in [2.75, 3.05) is 6.79 Å². The number of hydrogen-bond donors (Lipinski definition) is 1. The van der Waals surface area contributed by atoms with Crippen LogP contribution in [0.15, 0.2) is 36.5 Å². The smallest absolute Gasteiger partial charge is 0.251 e. The molecule has 1 saturated carbocycles. The molecule has 7 heteroatoms. The summed E-state index contributed by atoms with van der Waals surface area (Å²) in [5, 5.41) is 11.9. The second-order valence-corrected chi connectivity index (χ2v) is 6.63. The molecular weight excluding hydrogens is 346 g/mol. The van der Waals surface area contributed by atoms with E-state index in [1.165, 1.54) is 6.20 Å². The molecule has 1 aromatic carbocycles. The second-order valence-electron chi connectivity index (χ2n) is 6.63. The van der Waals surface area contributed by atoms with Gasteiger partial charge in [-0.05, 0) is 49.9 Å². The third kappa shape index (κ3) is 3.95. The molecule has 1 N–H and O–H groups in total. The maximum Gasteiger partial charge on any atom is 0.251 e. The highest BCUT2D eigenvalue weighted by molar-refractivity contribution is 5.95. The SMILES string of the molecule is N#Cc1ccc(OC2CCC(NC(=O)c3ccc4c(c3)OCO4)CC2)nc1. The van der Waals surface area contributed by atoms with Crippen molar-refractivity contribution in [1.29, 1.82) is 5.26 Å². The van der Waals surface area contributed by atoms with Gasteiger partial charge in [-0.3, -0.25) is 4.79 Å². The Hall–Kier alpha value is -3.27. The number of nitriles is 1. The van der Waals surface area contributed by atoms with E-state index < -0.39 is 0 Å². The van der Waals surface area contributed by atoms with Crippen molar-refractivity contribution in [1.82, 2.24) is 10.3 Å². The van der Waals surface area contributed by atoms with Gasteiger partial charge in [0, 0.05) is 23.9 Å². The number of aromatic nitrogens is 1. The third-order valence-corrected chi connectivity index (χ3v) is 4.80. The summed E-state index contributed by atoms with van der Waals surface area (Å²) in [5.41, 5.74) is 1.08. The summed E-state index contributed by atoms with van der Waals surface area (Å²) in [6.45, 7) is 0.193. The second kappa shape index (κ2) is 7.54. The Morgan fingerprint density at radius 3 is 2.70 bits per heavy atom. The molecule has 138 valence electrons. The number of benzene rings is 1. The Balaban J connectivity index is 1.27. The zero-order valence-electron chi connectivity index (χ0n) is 14.7. The molecule has 4 rings (SSSR count). The number of carbonyl (C=O) groups is 1. The Kier molecular flexibility index (Phi) is 4.79. The lowest BCUT2D eigenvalue weighted by Crippen LogP contribution is -2.39. The molecule has 1 aliphatic heterocycles. The maximum atomic E-state index is 12.5. The van der Waals surface area contributed by atoms with Crippen LogP contribution in [-0.2, 0) is 0 Å². The largest absolute Gasteiger partial charge is 0.474 e. The zero-order chi connectivity index (χ0) is 18.6. The lowest BCUT2D eigenvalue weighted by atomic mass is 9.92. The molecule has 7 nitrogen and oxygen atoms in total. The van der Waals surface area contributed by atoms with E-state index in [0.717, 1.165) is 25.7 Å². The molecule has 0 bridgehead atoms. The van der Waals surface area contributed by atoms with E-state index >= 15 is 0 Å². The number of nitrogens with zero attached hydrogens (tertiary/aromatic N) is 2. The van der Waals surface area contributed by atoms with Crippen LogP contribution in [-0.4, -0.2) is 29.8 Å². The lowest BCUT2D eigenvalue weighted by Gasteiger charge is -2.29. The number of nitrogens with one attached hydrogen (secondary N) is 1. The van der Waals surface area contributed by atoms with Crippen molar-refractivity contribution in [2.45, 2.75) is 37.8 Å². The molecule has 1 aliphatic carbocycles. The Morgan fingerprint density at radius 2 is 1.96 bits per heavy atom. The fourth-order valence-corrected chi connectivity index (χ4v) is 3.32. The van der Waals surface area contributed by atoms with Crippen molar-refractivity contribution in [3.05, 3.63) is 47.7 Å². The van der Waals surface area contributed by atoms with Crippen LogP contribution in [0.5, 0.6) is 17.4 Å². The van der Waals surface area contributed by atoms with Crippen LogP contribution in [0.2, 0.25) is 0 Å². The van der Waals surface area contributed by atoms with Crippen LogP contribution in [0.1, 0.15) is 41.6 Å². The standard InChI is InChI=1S/C20H19N3O4/c21-10-13-1-8-19(22-11-13)27-16-5-3-15(4-6-16)23-20(24)14-2-7-17-18(9-14)26-12-25-17/h1-2,7-9,11,15-16H,3-6,12H2,(H,23,24). The number of pyridine rings is 1. The van der Waals surface area contributed by atoms with Crippen LogP contribution >= 0.6 is 0 Å². The molecule has 1 amide bonds. The van der Waals surface area contributed by atoms with E-state index in [2.05, 4.69) is 10.3 Å². The van der Waals surface area contributed by atoms with Gasteiger partial charge in [-0.25, -0.2) is 4.98 Å². The number of ether oxygens (including phenoxy) is 3. The predicted molar refractivity (Wildman–Crippen MR) is 95.7 cm³/mol. The molecule has 1 fully saturated rings. The van der Waals surface area contributed by atoms with E-state index in [0.29, 0.717) is 28.5 Å². The van der Waals surface area contributed by atoms with Gasteiger partial charge in [0.25, 0.3) is 5.91 Å². The molecule has 2 heterocycles. The average Bonchev–Trinajstić information content (AvgIpc) is 3.18. The molecule has 0 unspecified atom stereocenters. The molecule has 0 atom stereocenters. The summed E-state index contributed by atoms with van der Waals surface area (Å²) in [6, 6.07) is 10.8. The van der Waals surface area contributed by atoms with Crippen LogP contribution in [0.4, 0.5) is 0 Å². The summed E-state index contributed by atoms with van der Waals surface area (Å²) in [5.74, 6) is 1.70. The van der Waals surface area contributed by atoms with Gasteiger partial charge in [0.15, 0.2) is 11.5 Å². The molecule has 2 aromatic rings. The normalized spacial score (nSPS) is 20.6. The van der Waals surface area contributed by atoms with Gasteiger partial charge in [0.1, 0.15) is 12.2 Å². The molecule has 2 aliphatic rings. The van der Waals surface area contributed by atoms with Crippen LogP contribution < -0.4 is 19.5 Å². The summed E-state index contributed by atoms with van der Waals surface area (Å²) in [4.78, 5) is 16.6. The van der Waals surface area contributed by atoms with E-state index in [4.69, 9.17) is 19.5 Å². The molecule has 0 saturated heterocycles. The number of carbonyl (C=O) groups excluding carboxylic acids is 1. The minimum atomic E-state index is -0.105.